The number of hydrogen-bond donors (Lipinski definition) is 2. The minimum absolute atomic E-state index is 0.390. The van der Waals surface area contributed by atoms with E-state index in [4.69, 9.17) is 4.74 Å². The number of hydrazine groups is 1. The Labute approximate surface area is 151 Å². The van der Waals surface area contributed by atoms with E-state index in [0.29, 0.717) is 11.3 Å². The highest BCUT2D eigenvalue weighted by Crippen LogP contribution is 2.21. The maximum atomic E-state index is 13.1. The van der Waals surface area contributed by atoms with Crippen molar-refractivity contribution in [1.82, 2.24) is 10.9 Å². The predicted molar refractivity (Wildman–Crippen MR) is 97.7 cm³/mol. The van der Waals surface area contributed by atoms with Crippen LogP contribution in [-0.4, -0.2) is 17.9 Å². The van der Waals surface area contributed by atoms with Crippen LogP contribution in [0.1, 0.15) is 23.6 Å². The average molecular weight is 356 g/mol. The lowest BCUT2D eigenvalue weighted by molar-refractivity contribution is -0.131. The molecule has 0 radical (unpaired) electrons. The quantitative estimate of drug-likeness (QED) is 0.639. The topological polar surface area (TPSA) is 67.4 Å². The number of hydrogen-bond acceptors (Lipinski definition) is 3. The van der Waals surface area contributed by atoms with Crippen molar-refractivity contribution in [2.45, 2.75) is 26.9 Å². The van der Waals surface area contributed by atoms with Crippen LogP contribution in [0, 0.1) is 19.7 Å². The monoisotopic (exact) mass is 356 g/mol. The molecule has 5 nitrogen and oxygen atoms in total. The number of halogens is 1. The first-order valence-electron chi connectivity index (χ1n) is 8.13. The summed E-state index contributed by atoms with van der Waals surface area (Å²) in [4.78, 5) is 23.8. The van der Waals surface area contributed by atoms with Gasteiger partial charge in [-0.2, -0.15) is 0 Å². The summed E-state index contributed by atoms with van der Waals surface area (Å²) in [5, 5.41) is 0. The van der Waals surface area contributed by atoms with Gasteiger partial charge in [0.15, 0.2) is 6.10 Å². The number of rotatable bonds is 5. The van der Waals surface area contributed by atoms with E-state index < -0.39 is 23.7 Å². The van der Waals surface area contributed by atoms with Gasteiger partial charge in [-0.1, -0.05) is 24.3 Å². The van der Waals surface area contributed by atoms with Gasteiger partial charge in [-0.05, 0) is 61.7 Å². The highest BCUT2D eigenvalue weighted by molar-refractivity contribution is 5.93. The van der Waals surface area contributed by atoms with Gasteiger partial charge in [-0.25, -0.2) is 4.39 Å². The second kappa shape index (κ2) is 8.80. The molecule has 0 heterocycles. The molecule has 2 amide bonds. The van der Waals surface area contributed by atoms with Gasteiger partial charge in [0.1, 0.15) is 11.6 Å². The van der Waals surface area contributed by atoms with Crippen LogP contribution >= 0.6 is 0 Å². The highest BCUT2D eigenvalue weighted by atomic mass is 19.1. The summed E-state index contributed by atoms with van der Waals surface area (Å²) in [6.45, 7) is 5.46. The number of nitrogens with one attached hydrogen (secondary N) is 2. The van der Waals surface area contributed by atoms with Gasteiger partial charge in [0.25, 0.3) is 11.8 Å². The van der Waals surface area contributed by atoms with Crippen LogP contribution in [0.2, 0.25) is 0 Å². The van der Waals surface area contributed by atoms with Crippen molar-refractivity contribution < 1.29 is 18.7 Å². The maximum Gasteiger partial charge on any atom is 0.279 e. The molecule has 6 heteroatoms. The van der Waals surface area contributed by atoms with Crippen molar-refractivity contribution in [2.75, 3.05) is 0 Å². The molecule has 0 fully saturated rings. The third kappa shape index (κ3) is 5.44. The minimum Gasteiger partial charge on any atom is -0.481 e. The van der Waals surface area contributed by atoms with Crippen molar-refractivity contribution in [3.05, 3.63) is 71.0 Å². The van der Waals surface area contributed by atoms with Gasteiger partial charge >= 0.3 is 0 Å². The summed E-state index contributed by atoms with van der Waals surface area (Å²) in [5.41, 5.74) is 7.11. The zero-order valence-corrected chi connectivity index (χ0v) is 14.9. The van der Waals surface area contributed by atoms with Crippen LogP contribution in [0.4, 0.5) is 4.39 Å². The first-order chi connectivity index (χ1) is 12.4. The molecular weight excluding hydrogens is 335 g/mol. The Morgan fingerprint density at radius 3 is 2.58 bits per heavy atom. The fraction of sp³-hybridized carbons (Fsp3) is 0.200. The van der Waals surface area contributed by atoms with E-state index in [1.54, 1.807) is 25.1 Å². The molecule has 2 aromatic carbocycles. The first-order valence-corrected chi connectivity index (χ1v) is 8.13. The van der Waals surface area contributed by atoms with Crippen LogP contribution in [0.15, 0.2) is 48.5 Å². The van der Waals surface area contributed by atoms with Gasteiger partial charge in [0.05, 0.1) is 0 Å². The predicted octanol–water partition coefficient (Wildman–Crippen LogP) is 3.07. The van der Waals surface area contributed by atoms with Crippen molar-refractivity contribution in [1.29, 1.82) is 0 Å². The van der Waals surface area contributed by atoms with Crippen molar-refractivity contribution in [3.8, 4) is 5.75 Å². The Balaban J connectivity index is 1.85. The molecular formula is C20H21FN2O3. The molecule has 26 heavy (non-hydrogen) atoms. The first kappa shape index (κ1) is 19.2. The molecule has 1 atom stereocenters. The van der Waals surface area contributed by atoms with E-state index in [1.165, 1.54) is 24.3 Å². The lowest BCUT2D eigenvalue weighted by atomic mass is 10.1. The Bertz CT molecular complexity index is 834. The molecule has 0 bridgehead atoms. The summed E-state index contributed by atoms with van der Waals surface area (Å²) in [7, 11) is 0. The molecule has 2 rings (SSSR count). The fourth-order valence-corrected chi connectivity index (χ4v) is 2.14. The summed E-state index contributed by atoms with van der Waals surface area (Å²) in [6, 6.07) is 11.4. The van der Waals surface area contributed by atoms with E-state index >= 15 is 0 Å². The number of carbonyl (C=O) groups excluding carboxylic acids is 2. The van der Waals surface area contributed by atoms with Crippen molar-refractivity contribution in [2.24, 2.45) is 0 Å². The Morgan fingerprint density at radius 2 is 1.85 bits per heavy atom. The van der Waals surface area contributed by atoms with Gasteiger partial charge in [0.2, 0.25) is 0 Å². The highest BCUT2D eigenvalue weighted by Gasteiger charge is 2.16. The van der Waals surface area contributed by atoms with E-state index in [9.17, 15) is 14.0 Å². The number of aryl methyl sites for hydroxylation is 1. The van der Waals surface area contributed by atoms with E-state index in [-0.39, 0.29) is 0 Å². The number of ether oxygens (including phenoxy) is 1. The molecule has 0 aliphatic carbocycles. The van der Waals surface area contributed by atoms with Crippen LogP contribution < -0.4 is 15.6 Å². The summed E-state index contributed by atoms with van der Waals surface area (Å²) < 4.78 is 18.7. The number of carbonyl (C=O) groups is 2. The summed E-state index contributed by atoms with van der Waals surface area (Å²) in [5.74, 6) is -0.803. The zero-order valence-electron chi connectivity index (χ0n) is 14.9. The van der Waals surface area contributed by atoms with Crippen molar-refractivity contribution in [3.63, 3.8) is 0 Å². The second-order valence-corrected chi connectivity index (χ2v) is 5.82. The Morgan fingerprint density at radius 1 is 1.12 bits per heavy atom. The standard InChI is InChI=1S/C20H21FN2O3/c1-13-6-4-9-18(14(13)2)26-15(3)20(25)23-22-19(24)11-10-16-7-5-8-17(21)12-16/h4-12,15H,1-3H3,(H,22,24)(H,23,25)/b11-10+/t15-/m1/s1. The van der Waals surface area contributed by atoms with Crippen LogP contribution in [0.3, 0.4) is 0 Å². The lowest BCUT2D eigenvalue weighted by Crippen LogP contribution is -2.46. The van der Waals surface area contributed by atoms with E-state index in [1.807, 2.05) is 26.0 Å². The molecule has 136 valence electrons. The molecule has 2 aromatic rings. The Kier molecular flexibility index (Phi) is 6.49. The zero-order chi connectivity index (χ0) is 19.1. The molecule has 0 aromatic heterocycles. The third-order valence-electron chi connectivity index (χ3n) is 3.81. The molecule has 0 spiro atoms. The lowest BCUT2D eigenvalue weighted by Gasteiger charge is -2.17. The van der Waals surface area contributed by atoms with Crippen LogP contribution in [-0.2, 0) is 9.59 Å². The van der Waals surface area contributed by atoms with Gasteiger partial charge < -0.3 is 4.74 Å². The normalized spacial score (nSPS) is 11.8. The second-order valence-electron chi connectivity index (χ2n) is 5.82. The SMILES string of the molecule is Cc1cccc(O[C@H](C)C(=O)NNC(=O)/C=C/c2cccc(F)c2)c1C. The van der Waals surface area contributed by atoms with Crippen LogP contribution in [0.25, 0.3) is 6.08 Å². The number of benzene rings is 2. The largest absolute Gasteiger partial charge is 0.481 e. The van der Waals surface area contributed by atoms with E-state index in [0.717, 1.165) is 11.1 Å². The van der Waals surface area contributed by atoms with Gasteiger partial charge in [-0.3, -0.25) is 20.4 Å². The molecule has 0 saturated carbocycles. The third-order valence-corrected chi connectivity index (χ3v) is 3.81. The minimum atomic E-state index is -0.789. The van der Waals surface area contributed by atoms with Gasteiger partial charge in [0, 0.05) is 6.08 Å². The van der Waals surface area contributed by atoms with Crippen molar-refractivity contribution >= 4 is 17.9 Å². The number of amides is 2. The van der Waals surface area contributed by atoms with Gasteiger partial charge in [-0.15, -0.1) is 0 Å². The van der Waals surface area contributed by atoms with E-state index in [2.05, 4.69) is 10.9 Å². The molecule has 0 aliphatic heterocycles. The van der Waals surface area contributed by atoms with Crippen LogP contribution in [0.5, 0.6) is 5.75 Å². The fourth-order valence-electron chi connectivity index (χ4n) is 2.14. The summed E-state index contributed by atoms with van der Waals surface area (Å²) >= 11 is 0. The maximum absolute atomic E-state index is 13.1. The molecule has 2 N–H and O–H groups in total. The molecule has 0 unspecified atom stereocenters. The smallest absolute Gasteiger partial charge is 0.279 e. The Hall–Kier alpha value is -3.15. The molecule has 0 aliphatic rings. The summed E-state index contributed by atoms with van der Waals surface area (Å²) in [6.07, 6.45) is 1.86. The molecule has 0 saturated heterocycles. The average Bonchev–Trinajstić information content (AvgIpc) is 2.61.